The summed E-state index contributed by atoms with van der Waals surface area (Å²) in [4.78, 5) is 42.7. The number of carbonyl (C=O) groups is 2. The molecule has 1 aliphatic heterocycles. The summed E-state index contributed by atoms with van der Waals surface area (Å²) in [6, 6.07) is 11.3. The van der Waals surface area contributed by atoms with Crippen molar-refractivity contribution in [1.82, 2.24) is 4.98 Å². The third kappa shape index (κ3) is 6.56. The summed E-state index contributed by atoms with van der Waals surface area (Å²) in [7, 11) is 0. The lowest BCUT2D eigenvalue weighted by atomic mass is 10.2. The molecule has 1 fully saturated rings. The normalized spacial score (nSPS) is 13.3. The SMILES string of the molecule is Cc1csc(Sc2ccc([N+](=O)[O-])cc2C(=O)OCC(=O)Nc2ccc(N3CCOCC3)cc2)n1. The van der Waals surface area contributed by atoms with Crippen molar-refractivity contribution in [3.8, 4) is 0 Å². The highest BCUT2D eigenvalue weighted by atomic mass is 32.2. The van der Waals surface area contributed by atoms with Crippen LogP contribution < -0.4 is 10.2 Å². The Kier molecular flexibility index (Phi) is 7.95. The molecular weight excluding hydrogens is 492 g/mol. The number of aromatic nitrogens is 1. The van der Waals surface area contributed by atoms with Gasteiger partial charge in [-0.3, -0.25) is 14.9 Å². The molecule has 182 valence electrons. The first-order valence-corrected chi connectivity index (χ1v) is 12.4. The molecule has 0 radical (unpaired) electrons. The van der Waals surface area contributed by atoms with E-state index in [9.17, 15) is 19.7 Å². The van der Waals surface area contributed by atoms with Crippen LogP contribution >= 0.6 is 23.1 Å². The van der Waals surface area contributed by atoms with E-state index in [1.165, 1.54) is 35.2 Å². The number of morpholine rings is 1. The van der Waals surface area contributed by atoms with Gasteiger partial charge in [0.15, 0.2) is 10.9 Å². The molecule has 12 heteroatoms. The number of benzene rings is 2. The predicted octanol–water partition coefficient (Wildman–Crippen LogP) is 4.14. The van der Waals surface area contributed by atoms with Crippen LogP contribution in [0, 0.1) is 17.0 Å². The van der Waals surface area contributed by atoms with Crippen molar-refractivity contribution in [1.29, 1.82) is 0 Å². The number of rotatable bonds is 8. The largest absolute Gasteiger partial charge is 0.452 e. The molecule has 0 saturated carbocycles. The molecule has 10 nitrogen and oxygen atoms in total. The number of esters is 1. The van der Waals surface area contributed by atoms with Gasteiger partial charge in [-0.25, -0.2) is 9.78 Å². The third-order valence-electron chi connectivity index (χ3n) is 5.05. The van der Waals surface area contributed by atoms with Crippen molar-refractivity contribution < 1.29 is 24.0 Å². The second-order valence-electron chi connectivity index (χ2n) is 7.57. The van der Waals surface area contributed by atoms with Crippen molar-refractivity contribution >= 4 is 52.0 Å². The minimum absolute atomic E-state index is 0.000262. The van der Waals surface area contributed by atoms with E-state index in [0.29, 0.717) is 28.1 Å². The molecule has 1 saturated heterocycles. The molecule has 4 rings (SSSR count). The van der Waals surface area contributed by atoms with E-state index in [0.717, 1.165) is 30.5 Å². The highest BCUT2D eigenvalue weighted by Crippen LogP contribution is 2.34. The summed E-state index contributed by atoms with van der Waals surface area (Å²) in [5, 5.41) is 15.8. The monoisotopic (exact) mass is 514 g/mol. The van der Waals surface area contributed by atoms with Crippen LogP contribution in [0.1, 0.15) is 16.1 Å². The average Bonchev–Trinajstić information content (AvgIpc) is 3.28. The Morgan fingerprint density at radius 2 is 1.97 bits per heavy atom. The summed E-state index contributed by atoms with van der Waals surface area (Å²) >= 11 is 2.60. The average molecular weight is 515 g/mol. The van der Waals surface area contributed by atoms with E-state index >= 15 is 0 Å². The minimum Gasteiger partial charge on any atom is -0.452 e. The van der Waals surface area contributed by atoms with Gasteiger partial charge in [-0.05, 0) is 37.3 Å². The summed E-state index contributed by atoms with van der Waals surface area (Å²) in [5.74, 6) is -1.35. The number of nitrogens with zero attached hydrogens (tertiary/aromatic N) is 3. The number of anilines is 2. The number of nitro groups is 1. The van der Waals surface area contributed by atoms with E-state index in [4.69, 9.17) is 9.47 Å². The van der Waals surface area contributed by atoms with Crippen molar-refractivity contribution in [3.63, 3.8) is 0 Å². The summed E-state index contributed by atoms with van der Waals surface area (Å²) < 4.78 is 11.2. The van der Waals surface area contributed by atoms with Gasteiger partial charge in [-0.15, -0.1) is 11.3 Å². The molecule has 0 unspecified atom stereocenters. The Labute approximate surface area is 209 Å². The second-order valence-corrected chi connectivity index (χ2v) is 9.71. The first kappa shape index (κ1) is 24.6. The molecule has 2 aromatic carbocycles. The number of hydrogen-bond donors (Lipinski definition) is 1. The Hall–Kier alpha value is -3.48. The lowest BCUT2D eigenvalue weighted by Crippen LogP contribution is -2.36. The van der Waals surface area contributed by atoms with Gasteiger partial charge < -0.3 is 19.7 Å². The highest BCUT2D eigenvalue weighted by molar-refractivity contribution is 8.01. The topological polar surface area (TPSA) is 124 Å². The number of carbonyl (C=O) groups excluding carboxylic acids is 2. The van der Waals surface area contributed by atoms with Gasteiger partial charge in [0.2, 0.25) is 0 Å². The van der Waals surface area contributed by atoms with Gasteiger partial charge in [0.05, 0.1) is 23.7 Å². The lowest BCUT2D eigenvalue weighted by molar-refractivity contribution is -0.384. The van der Waals surface area contributed by atoms with Crippen molar-refractivity contribution in [2.75, 3.05) is 43.1 Å². The fourth-order valence-corrected chi connectivity index (χ4v) is 5.23. The third-order valence-corrected chi connectivity index (χ3v) is 7.18. The molecule has 3 aromatic rings. The van der Waals surface area contributed by atoms with Crippen LogP contribution in [0.5, 0.6) is 0 Å². The van der Waals surface area contributed by atoms with E-state index in [1.54, 1.807) is 12.1 Å². The maximum absolute atomic E-state index is 12.7. The smallest absolute Gasteiger partial charge is 0.340 e. The number of aryl methyl sites for hydroxylation is 1. The van der Waals surface area contributed by atoms with E-state index < -0.39 is 23.4 Å². The molecule has 2 heterocycles. The van der Waals surface area contributed by atoms with Crippen LogP contribution in [0.3, 0.4) is 0 Å². The molecule has 35 heavy (non-hydrogen) atoms. The number of nitro benzene ring substituents is 1. The number of ether oxygens (including phenoxy) is 2. The second kappa shape index (κ2) is 11.3. The molecule has 1 aliphatic rings. The quantitative estimate of drug-likeness (QED) is 0.268. The maximum Gasteiger partial charge on any atom is 0.340 e. The number of hydrogen-bond acceptors (Lipinski definition) is 10. The molecule has 1 amide bonds. The summed E-state index contributed by atoms with van der Waals surface area (Å²) in [5.41, 5.74) is 2.18. The van der Waals surface area contributed by atoms with E-state index in [1.807, 2.05) is 24.4 Å². The Morgan fingerprint density at radius 3 is 2.63 bits per heavy atom. The minimum atomic E-state index is -0.831. The van der Waals surface area contributed by atoms with E-state index in [-0.39, 0.29) is 11.3 Å². The zero-order valence-electron chi connectivity index (χ0n) is 18.8. The molecular formula is C23H22N4O6S2. The molecule has 0 aliphatic carbocycles. The number of non-ortho nitro benzene ring substituents is 1. The van der Waals surface area contributed by atoms with Crippen LogP contribution in [-0.4, -0.2) is 54.7 Å². The van der Waals surface area contributed by atoms with Crippen molar-refractivity contribution in [2.24, 2.45) is 0 Å². The van der Waals surface area contributed by atoms with Crippen LogP contribution in [-0.2, 0) is 14.3 Å². The Bertz CT molecular complexity index is 1230. The van der Waals surface area contributed by atoms with Crippen LogP contribution in [0.4, 0.5) is 17.1 Å². The van der Waals surface area contributed by atoms with Gasteiger partial charge >= 0.3 is 5.97 Å². The zero-order chi connectivity index (χ0) is 24.8. The van der Waals surface area contributed by atoms with Crippen molar-refractivity contribution in [2.45, 2.75) is 16.2 Å². The Balaban J connectivity index is 1.38. The van der Waals surface area contributed by atoms with Crippen molar-refractivity contribution in [3.05, 3.63) is 69.2 Å². The standard InChI is InChI=1S/C23H22N4O6S2/c1-15-14-34-23(24-15)35-20-7-6-18(27(30)31)12-19(20)22(29)33-13-21(28)25-16-2-4-17(5-3-16)26-8-10-32-11-9-26/h2-7,12,14H,8-11,13H2,1H3,(H,25,28). The zero-order valence-corrected chi connectivity index (χ0v) is 20.4. The number of thiazole rings is 1. The molecule has 0 atom stereocenters. The van der Waals surface area contributed by atoms with Crippen LogP contribution in [0.25, 0.3) is 0 Å². The fourth-order valence-electron chi connectivity index (χ4n) is 3.34. The van der Waals surface area contributed by atoms with Crippen LogP contribution in [0.15, 0.2) is 57.1 Å². The molecule has 1 aromatic heterocycles. The van der Waals surface area contributed by atoms with Gasteiger partial charge in [0.1, 0.15) is 0 Å². The molecule has 0 spiro atoms. The van der Waals surface area contributed by atoms with Gasteiger partial charge in [-0.1, -0.05) is 11.8 Å². The summed E-state index contributed by atoms with van der Waals surface area (Å²) in [6.45, 7) is 4.29. The Morgan fingerprint density at radius 1 is 1.23 bits per heavy atom. The number of nitrogens with one attached hydrogen (secondary N) is 1. The number of amides is 1. The summed E-state index contributed by atoms with van der Waals surface area (Å²) in [6.07, 6.45) is 0. The van der Waals surface area contributed by atoms with Gasteiger partial charge in [-0.2, -0.15) is 0 Å². The fraction of sp³-hybridized carbons (Fsp3) is 0.261. The maximum atomic E-state index is 12.7. The first-order chi connectivity index (χ1) is 16.9. The van der Waals surface area contributed by atoms with Gasteiger partial charge in [0, 0.05) is 52.6 Å². The molecule has 0 bridgehead atoms. The van der Waals surface area contributed by atoms with Crippen LogP contribution in [0.2, 0.25) is 0 Å². The predicted molar refractivity (Wildman–Crippen MR) is 132 cm³/mol. The first-order valence-electron chi connectivity index (χ1n) is 10.7. The highest BCUT2D eigenvalue weighted by Gasteiger charge is 2.21. The lowest BCUT2D eigenvalue weighted by Gasteiger charge is -2.28. The molecule has 1 N–H and O–H groups in total. The van der Waals surface area contributed by atoms with Gasteiger partial charge in [0.25, 0.3) is 11.6 Å². The van der Waals surface area contributed by atoms with E-state index in [2.05, 4.69) is 15.2 Å².